The predicted molar refractivity (Wildman–Crippen MR) is 103 cm³/mol. The number of aryl methyl sites for hydroxylation is 1. The molecule has 0 spiro atoms. The Labute approximate surface area is 156 Å². The second kappa shape index (κ2) is 9.16. The smallest absolute Gasteiger partial charge is 0.331 e. The van der Waals surface area contributed by atoms with Gasteiger partial charge in [-0.2, -0.15) is 0 Å². The van der Waals surface area contributed by atoms with Crippen LogP contribution in [0.2, 0.25) is 0 Å². The van der Waals surface area contributed by atoms with Crippen molar-refractivity contribution in [1.29, 1.82) is 0 Å². The Morgan fingerprint density at radius 2 is 2.19 bits per heavy atom. The van der Waals surface area contributed by atoms with Gasteiger partial charge in [0.05, 0.1) is 6.33 Å². The first-order valence-corrected chi connectivity index (χ1v) is 9.34. The van der Waals surface area contributed by atoms with Crippen molar-refractivity contribution in [1.82, 2.24) is 19.1 Å². The third kappa shape index (κ3) is 5.06. The molecule has 2 heterocycles. The zero-order valence-corrected chi connectivity index (χ0v) is 15.3. The highest BCUT2D eigenvalue weighted by Gasteiger charge is 2.13. The number of allylic oxidation sites excluding steroid dienone is 2. The van der Waals surface area contributed by atoms with Gasteiger partial charge in [0.2, 0.25) is 5.88 Å². The second-order valence-electron chi connectivity index (χ2n) is 6.70. The largest absolute Gasteiger partial charge is 0.494 e. The zero-order valence-electron chi connectivity index (χ0n) is 15.3. The van der Waals surface area contributed by atoms with E-state index in [1.807, 2.05) is 10.8 Å². The van der Waals surface area contributed by atoms with E-state index in [0.29, 0.717) is 19.5 Å². The summed E-state index contributed by atoms with van der Waals surface area (Å²) in [5, 5.41) is 10.4. The Balaban J connectivity index is 1.65. The maximum atomic E-state index is 12.1. The number of aromatic nitrogens is 4. The second-order valence-corrected chi connectivity index (χ2v) is 6.70. The van der Waals surface area contributed by atoms with Gasteiger partial charge in [0.25, 0.3) is 5.56 Å². The maximum absolute atomic E-state index is 12.1. The van der Waals surface area contributed by atoms with Gasteiger partial charge in [-0.05, 0) is 38.5 Å². The molecule has 1 aliphatic rings. The summed E-state index contributed by atoms with van der Waals surface area (Å²) in [5.74, 6) is -0.321. The van der Waals surface area contributed by atoms with Crippen LogP contribution in [0.3, 0.4) is 0 Å². The molecule has 0 bridgehead atoms. The summed E-state index contributed by atoms with van der Waals surface area (Å²) < 4.78 is 3.16. The maximum Gasteiger partial charge on any atom is 0.331 e. The van der Waals surface area contributed by atoms with Crippen LogP contribution in [0.15, 0.2) is 45.0 Å². The molecule has 1 aliphatic carbocycles. The lowest BCUT2D eigenvalue weighted by Gasteiger charge is -2.14. The van der Waals surface area contributed by atoms with E-state index in [1.54, 1.807) is 12.5 Å². The number of rotatable bonds is 8. The quantitative estimate of drug-likeness (QED) is 0.419. The summed E-state index contributed by atoms with van der Waals surface area (Å²) in [5.41, 5.74) is 0.110. The first-order valence-electron chi connectivity index (χ1n) is 9.34. The summed E-state index contributed by atoms with van der Waals surface area (Å²) in [6, 6.07) is 0. The Hall–Kier alpha value is -2.90. The number of aromatic hydroxyl groups is 1. The van der Waals surface area contributed by atoms with Gasteiger partial charge in [-0.15, -0.1) is 0 Å². The fourth-order valence-electron chi connectivity index (χ4n) is 3.21. The lowest BCUT2D eigenvalue weighted by atomic mass is 9.97. The van der Waals surface area contributed by atoms with Crippen molar-refractivity contribution in [2.45, 2.75) is 51.6 Å². The third-order valence-electron chi connectivity index (χ3n) is 4.73. The van der Waals surface area contributed by atoms with Gasteiger partial charge >= 0.3 is 5.69 Å². The Bertz CT molecular complexity index is 922. The minimum absolute atomic E-state index is 0.0230. The van der Waals surface area contributed by atoms with Crippen molar-refractivity contribution < 1.29 is 5.11 Å². The molecule has 2 aromatic rings. The van der Waals surface area contributed by atoms with Crippen molar-refractivity contribution in [2.24, 2.45) is 4.99 Å². The van der Waals surface area contributed by atoms with Gasteiger partial charge in [0.1, 0.15) is 5.56 Å². The standard InChI is InChI=1S/C19H25N5O3/c25-17-16(13-20-8-4-10-23-12-9-21-14-23)18(26)24(19(27)22-17)11-7-15-5-2-1-3-6-15/h5,9,12-14,26H,1-4,6-8,10-11H2,(H,22,25,27). The fraction of sp³-hybridized carbons (Fsp3) is 0.474. The molecule has 8 nitrogen and oxygen atoms in total. The van der Waals surface area contributed by atoms with Gasteiger partial charge in [0.15, 0.2) is 0 Å². The molecule has 0 atom stereocenters. The molecule has 2 aromatic heterocycles. The van der Waals surface area contributed by atoms with Gasteiger partial charge in [-0.1, -0.05) is 11.6 Å². The summed E-state index contributed by atoms with van der Waals surface area (Å²) in [6.45, 7) is 1.62. The lowest BCUT2D eigenvalue weighted by molar-refractivity contribution is 0.398. The topological polar surface area (TPSA) is 105 Å². The van der Waals surface area contributed by atoms with E-state index in [9.17, 15) is 14.7 Å². The van der Waals surface area contributed by atoms with Crippen LogP contribution in [-0.2, 0) is 13.1 Å². The van der Waals surface area contributed by atoms with Crippen molar-refractivity contribution in [2.75, 3.05) is 6.54 Å². The fourth-order valence-corrected chi connectivity index (χ4v) is 3.21. The van der Waals surface area contributed by atoms with Crippen molar-refractivity contribution in [3.8, 4) is 5.88 Å². The lowest BCUT2D eigenvalue weighted by Crippen LogP contribution is -2.32. The number of nitrogens with zero attached hydrogens (tertiary/aromatic N) is 4. The molecule has 0 saturated heterocycles. The molecule has 0 radical (unpaired) electrons. The average molecular weight is 371 g/mol. The summed E-state index contributed by atoms with van der Waals surface area (Å²) >= 11 is 0. The molecule has 0 fully saturated rings. The van der Waals surface area contributed by atoms with E-state index in [2.05, 4.69) is 21.0 Å². The van der Waals surface area contributed by atoms with Crippen molar-refractivity contribution in [3.05, 3.63) is 56.8 Å². The Morgan fingerprint density at radius 3 is 2.93 bits per heavy atom. The monoisotopic (exact) mass is 371 g/mol. The van der Waals surface area contributed by atoms with E-state index in [4.69, 9.17) is 0 Å². The molecule has 8 heteroatoms. The number of hydrogen-bond acceptors (Lipinski definition) is 5. The molecule has 3 rings (SSSR count). The SMILES string of the molecule is O=c1[nH]c(=O)n(CCC2=CCCCC2)c(O)c1C=NCCCn1ccnc1. The third-order valence-corrected chi connectivity index (χ3v) is 4.73. The van der Waals surface area contributed by atoms with Crippen molar-refractivity contribution in [3.63, 3.8) is 0 Å². The minimum atomic E-state index is -0.621. The molecule has 0 aliphatic heterocycles. The van der Waals surface area contributed by atoms with E-state index < -0.39 is 11.2 Å². The van der Waals surface area contributed by atoms with Crippen LogP contribution in [-0.4, -0.2) is 37.0 Å². The number of aromatic amines is 1. The molecule has 0 saturated carbocycles. The van der Waals surface area contributed by atoms with Crippen LogP contribution in [0, 0.1) is 0 Å². The van der Waals surface area contributed by atoms with Crippen LogP contribution in [0.1, 0.15) is 44.1 Å². The molecule has 2 N–H and O–H groups in total. The highest BCUT2D eigenvalue weighted by molar-refractivity contribution is 5.81. The van der Waals surface area contributed by atoms with Gasteiger partial charge in [-0.3, -0.25) is 19.3 Å². The molecule has 0 unspecified atom stereocenters. The van der Waals surface area contributed by atoms with Crippen LogP contribution in [0.5, 0.6) is 5.88 Å². The highest BCUT2D eigenvalue weighted by atomic mass is 16.3. The Kier molecular flexibility index (Phi) is 6.40. The van der Waals surface area contributed by atoms with Crippen molar-refractivity contribution >= 4 is 6.21 Å². The van der Waals surface area contributed by atoms with E-state index in [0.717, 1.165) is 32.2 Å². The molecule has 0 amide bonds. The first kappa shape index (κ1) is 18.9. The first-order chi connectivity index (χ1) is 13.1. The normalized spacial score (nSPS) is 14.6. The van der Waals surface area contributed by atoms with Crippen LogP contribution >= 0.6 is 0 Å². The summed E-state index contributed by atoms with van der Waals surface area (Å²) in [4.78, 5) is 34.6. The molecule has 0 aromatic carbocycles. The predicted octanol–water partition coefficient (Wildman–Crippen LogP) is 1.84. The van der Waals surface area contributed by atoms with Crippen LogP contribution < -0.4 is 11.2 Å². The number of aliphatic imine (C=N–C) groups is 1. The number of imidazole rings is 1. The molecule has 27 heavy (non-hydrogen) atoms. The summed E-state index contributed by atoms with van der Waals surface area (Å²) in [7, 11) is 0. The number of hydrogen-bond donors (Lipinski definition) is 2. The van der Waals surface area contributed by atoms with E-state index in [1.165, 1.54) is 22.8 Å². The minimum Gasteiger partial charge on any atom is -0.494 e. The molecular weight excluding hydrogens is 346 g/mol. The zero-order chi connectivity index (χ0) is 19.1. The summed E-state index contributed by atoms with van der Waals surface area (Å²) in [6.07, 6.45) is 14.8. The highest BCUT2D eigenvalue weighted by Crippen LogP contribution is 2.21. The Morgan fingerprint density at radius 1 is 1.30 bits per heavy atom. The van der Waals surface area contributed by atoms with E-state index in [-0.39, 0.29) is 11.4 Å². The van der Waals surface area contributed by atoms with Gasteiger partial charge in [-0.25, -0.2) is 9.78 Å². The number of H-pyrrole nitrogens is 1. The van der Waals surface area contributed by atoms with Gasteiger partial charge in [0, 0.05) is 38.2 Å². The van der Waals surface area contributed by atoms with Gasteiger partial charge < -0.3 is 9.67 Å². The van der Waals surface area contributed by atoms with Crippen LogP contribution in [0.4, 0.5) is 0 Å². The molecule has 144 valence electrons. The molecular formula is C19H25N5O3. The van der Waals surface area contributed by atoms with E-state index >= 15 is 0 Å². The number of nitrogens with one attached hydrogen (secondary N) is 1. The average Bonchev–Trinajstić information content (AvgIpc) is 3.18. The van der Waals surface area contributed by atoms with Crippen LogP contribution in [0.25, 0.3) is 0 Å².